The van der Waals surface area contributed by atoms with Crippen LogP contribution in [0.4, 0.5) is 13.2 Å². The molecule has 1 aromatic heterocycles. The highest BCUT2D eigenvalue weighted by molar-refractivity contribution is 5.52. The lowest BCUT2D eigenvalue weighted by atomic mass is 9.69. The SMILES string of the molecule is CC1OC(c2ccc(C(F)(F)F)cc2)c2c1nc1c(c2C2CCCCC2)C(O)CC(C)(C)C1. The van der Waals surface area contributed by atoms with E-state index in [1.165, 1.54) is 24.1 Å². The number of rotatable bonds is 2. The Hall–Kier alpha value is -1.92. The Balaban J connectivity index is 1.67. The summed E-state index contributed by atoms with van der Waals surface area (Å²) in [6, 6.07) is 5.31. The van der Waals surface area contributed by atoms with Gasteiger partial charge in [-0.3, -0.25) is 4.98 Å². The van der Waals surface area contributed by atoms with Crippen molar-refractivity contribution in [3.63, 3.8) is 0 Å². The molecule has 0 radical (unpaired) electrons. The number of pyridine rings is 1. The zero-order valence-electron chi connectivity index (χ0n) is 19.5. The van der Waals surface area contributed by atoms with Crippen LogP contribution in [0, 0.1) is 5.41 Å². The highest BCUT2D eigenvalue weighted by Gasteiger charge is 2.43. The average Bonchev–Trinajstić information content (AvgIpc) is 3.08. The van der Waals surface area contributed by atoms with Crippen LogP contribution in [0.5, 0.6) is 0 Å². The maximum atomic E-state index is 13.1. The van der Waals surface area contributed by atoms with Crippen LogP contribution in [0.2, 0.25) is 0 Å². The summed E-state index contributed by atoms with van der Waals surface area (Å²) in [4.78, 5) is 5.04. The van der Waals surface area contributed by atoms with E-state index in [9.17, 15) is 18.3 Å². The lowest BCUT2D eigenvalue weighted by molar-refractivity contribution is -0.137. The molecule has 2 aromatic rings. The lowest BCUT2D eigenvalue weighted by Gasteiger charge is -2.38. The second-order valence-electron chi connectivity index (χ2n) is 10.9. The highest BCUT2D eigenvalue weighted by atomic mass is 19.4. The summed E-state index contributed by atoms with van der Waals surface area (Å²) in [5.41, 5.74) is 5.01. The van der Waals surface area contributed by atoms with Gasteiger partial charge in [0, 0.05) is 16.8 Å². The molecule has 2 heterocycles. The number of aromatic nitrogens is 1. The summed E-state index contributed by atoms with van der Waals surface area (Å²) in [6.45, 7) is 6.30. The second-order valence-corrected chi connectivity index (χ2v) is 10.9. The van der Waals surface area contributed by atoms with Gasteiger partial charge in [0.1, 0.15) is 6.10 Å². The molecule has 1 aliphatic heterocycles. The van der Waals surface area contributed by atoms with Crippen molar-refractivity contribution >= 4 is 0 Å². The Morgan fingerprint density at radius 3 is 2.30 bits per heavy atom. The topological polar surface area (TPSA) is 42.4 Å². The van der Waals surface area contributed by atoms with Crippen molar-refractivity contribution in [1.82, 2.24) is 4.98 Å². The molecule has 1 N–H and O–H groups in total. The van der Waals surface area contributed by atoms with Crippen molar-refractivity contribution in [1.29, 1.82) is 0 Å². The number of nitrogens with zero attached hydrogens (tertiary/aromatic N) is 1. The predicted octanol–water partition coefficient (Wildman–Crippen LogP) is 7.33. The van der Waals surface area contributed by atoms with Crippen LogP contribution in [-0.4, -0.2) is 10.1 Å². The molecule has 33 heavy (non-hydrogen) atoms. The van der Waals surface area contributed by atoms with E-state index in [1.807, 2.05) is 6.92 Å². The van der Waals surface area contributed by atoms with Crippen molar-refractivity contribution in [2.45, 2.75) is 96.1 Å². The minimum Gasteiger partial charge on any atom is -0.388 e. The van der Waals surface area contributed by atoms with Crippen molar-refractivity contribution in [2.75, 3.05) is 0 Å². The number of ether oxygens (including phenoxy) is 1. The zero-order chi connectivity index (χ0) is 23.5. The van der Waals surface area contributed by atoms with Crippen molar-refractivity contribution in [3.8, 4) is 0 Å². The van der Waals surface area contributed by atoms with Gasteiger partial charge >= 0.3 is 6.18 Å². The fourth-order valence-electron chi connectivity index (χ4n) is 6.21. The minimum atomic E-state index is -4.37. The molecule has 3 atom stereocenters. The van der Waals surface area contributed by atoms with Crippen molar-refractivity contribution < 1.29 is 23.0 Å². The first-order valence-electron chi connectivity index (χ1n) is 12.1. The molecule has 1 fully saturated rings. The van der Waals surface area contributed by atoms with E-state index in [0.29, 0.717) is 17.9 Å². The molecule has 0 saturated heterocycles. The number of hydrogen-bond acceptors (Lipinski definition) is 3. The van der Waals surface area contributed by atoms with Crippen molar-refractivity contribution in [3.05, 3.63) is 63.5 Å². The maximum absolute atomic E-state index is 13.1. The Labute approximate surface area is 193 Å². The summed E-state index contributed by atoms with van der Waals surface area (Å²) < 4.78 is 45.7. The van der Waals surface area contributed by atoms with E-state index in [-0.39, 0.29) is 11.5 Å². The third-order valence-corrected chi connectivity index (χ3v) is 7.69. The molecule has 3 aliphatic rings. The summed E-state index contributed by atoms with van der Waals surface area (Å²) in [5, 5.41) is 11.3. The number of benzene rings is 1. The first kappa shape index (κ1) is 22.9. The van der Waals surface area contributed by atoms with Gasteiger partial charge in [0.25, 0.3) is 0 Å². The number of halogens is 3. The molecule has 0 bridgehead atoms. The molecule has 0 spiro atoms. The van der Waals surface area contributed by atoms with Gasteiger partial charge in [0.15, 0.2) is 0 Å². The van der Waals surface area contributed by atoms with Gasteiger partial charge in [-0.15, -0.1) is 0 Å². The van der Waals surface area contributed by atoms with E-state index >= 15 is 0 Å². The zero-order valence-corrected chi connectivity index (χ0v) is 19.5. The van der Waals surface area contributed by atoms with Crippen LogP contribution in [0.15, 0.2) is 24.3 Å². The third-order valence-electron chi connectivity index (χ3n) is 7.69. The van der Waals surface area contributed by atoms with Crippen LogP contribution in [0.25, 0.3) is 0 Å². The van der Waals surface area contributed by atoms with Gasteiger partial charge in [0.2, 0.25) is 0 Å². The number of aliphatic hydroxyl groups is 1. The number of aliphatic hydroxyl groups excluding tert-OH is 1. The molecule has 3 unspecified atom stereocenters. The monoisotopic (exact) mass is 459 g/mol. The second kappa shape index (κ2) is 8.09. The molecule has 3 nitrogen and oxygen atoms in total. The van der Waals surface area contributed by atoms with E-state index in [2.05, 4.69) is 13.8 Å². The lowest BCUT2D eigenvalue weighted by Crippen LogP contribution is -2.29. The van der Waals surface area contributed by atoms with Gasteiger partial charge in [0.05, 0.1) is 23.5 Å². The normalized spacial score (nSPS) is 27.3. The van der Waals surface area contributed by atoms with E-state index < -0.39 is 23.9 Å². The van der Waals surface area contributed by atoms with Gasteiger partial charge < -0.3 is 9.84 Å². The number of alkyl halides is 3. The summed E-state index contributed by atoms with van der Waals surface area (Å²) >= 11 is 0. The molecular weight excluding hydrogens is 427 g/mol. The highest BCUT2D eigenvalue weighted by Crippen LogP contribution is 2.53. The smallest absolute Gasteiger partial charge is 0.388 e. The fourth-order valence-corrected chi connectivity index (χ4v) is 6.21. The standard InChI is InChI=1S/C27H32F3NO2/c1-15-24-23(25(33-15)17-9-11-18(12-10-17)27(28,29)30)21(16-7-5-4-6-8-16)22-19(31-24)13-26(2,3)14-20(22)32/h9-12,15-16,20,25,32H,4-8,13-14H2,1-3H3. The van der Waals surface area contributed by atoms with Crippen LogP contribution in [0.3, 0.4) is 0 Å². The van der Waals surface area contributed by atoms with Gasteiger partial charge in [-0.05, 0) is 67.2 Å². The Morgan fingerprint density at radius 2 is 1.67 bits per heavy atom. The van der Waals surface area contributed by atoms with Crippen LogP contribution in [-0.2, 0) is 17.3 Å². The van der Waals surface area contributed by atoms with E-state index in [4.69, 9.17) is 9.72 Å². The van der Waals surface area contributed by atoms with Crippen LogP contribution < -0.4 is 0 Å². The number of hydrogen-bond donors (Lipinski definition) is 1. The molecule has 1 aromatic carbocycles. The van der Waals surface area contributed by atoms with Gasteiger partial charge in [-0.2, -0.15) is 13.2 Å². The predicted molar refractivity (Wildman–Crippen MR) is 120 cm³/mol. The molecule has 1 saturated carbocycles. The van der Waals surface area contributed by atoms with E-state index in [0.717, 1.165) is 66.8 Å². The van der Waals surface area contributed by atoms with Crippen LogP contribution in [0.1, 0.15) is 123 Å². The Bertz CT molecular complexity index is 1040. The van der Waals surface area contributed by atoms with Crippen molar-refractivity contribution in [2.24, 2.45) is 5.41 Å². The Kier molecular flexibility index (Phi) is 5.60. The Morgan fingerprint density at radius 1 is 1.00 bits per heavy atom. The molecule has 2 aliphatic carbocycles. The molecule has 178 valence electrons. The average molecular weight is 460 g/mol. The molecule has 6 heteroatoms. The number of fused-ring (bicyclic) bond motifs is 2. The summed E-state index contributed by atoms with van der Waals surface area (Å²) in [6.07, 6.45) is 1.48. The largest absolute Gasteiger partial charge is 0.416 e. The summed E-state index contributed by atoms with van der Waals surface area (Å²) in [7, 11) is 0. The molecular formula is C27H32F3NO2. The third kappa shape index (κ3) is 4.10. The maximum Gasteiger partial charge on any atom is 0.416 e. The molecule has 5 rings (SSSR count). The van der Waals surface area contributed by atoms with Gasteiger partial charge in [-0.25, -0.2) is 0 Å². The van der Waals surface area contributed by atoms with Crippen LogP contribution >= 0.6 is 0 Å². The molecule has 0 amide bonds. The van der Waals surface area contributed by atoms with Gasteiger partial charge in [-0.1, -0.05) is 45.2 Å². The minimum absolute atomic E-state index is 0.0347. The first-order valence-corrected chi connectivity index (χ1v) is 12.1. The quantitative estimate of drug-likeness (QED) is 0.511. The van der Waals surface area contributed by atoms with E-state index in [1.54, 1.807) is 0 Å². The fraction of sp³-hybridized carbons (Fsp3) is 0.593. The summed E-state index contributed by atoms with van der Waals surface area (Å²) in [5.74, 6) is 0.325. The first-order chi connectivity index (χ1) is 15.5.